The molecule has 174 valence electrons. The molecule has 34 heavy (non-hydrogen) atoms. The van der Waals surface area contributed by atoms with E-state index in [9.17, 15) is 13.2 Å². The van der Waals surface area contributed by atoms with Crippen LogP contribution in [-0.4, -0.2) is 51.1 Å². The number of benzene rings is 1. The van der Waals surface area contributed by atoms with Gasteiger partial charge in [-0.05, 0) is 61.4 Å². The third-order valence-electron chi connectivity index (χ3n) is 6.40. The second-order valence-corrected chi connectivity index (χ2v) is 8.55. The highest BCUT2D eigenvalue weighted by Crippen LogP contribution is 2.33. The van der Waals surface area contributed by atoms with E-state index in [4.69, 9.17) is 9.97 Å². The third kappa shape index (κ3) is 3.83. The average molecular weight is 466 g/mol. The van der Waals surface area contributed by atoms with Crippen LogP contribution in [0.25, 0.3) is 28.2 Å². The lowest BCUT2D eigenvalue weighted by Crippen LogP contribution is -2.61. The van der Waals surface area contributed by atoms with Gasteiger partial charge in [0.25, 0.3) is 0 Å². The minimum Gasteiger partial charge on any atom is -0.406 e. The number of piperazine rings is 1. The Morgan fingerprint density at radius 3 is 2.38 bits per heavy atom. The second-order valence-electron chi connectivity index (χ2n) is 8.55. The van der Waals surface area contributed by atoms with E-state index in [1.54, 1.807) is 24.5 Å². The SMILES string of the molecule is FC(F)(F)Oc1ccc(-c2nc3ccc(N4C[C@H]5CC[C@@H]4CN5)nc3n2-c2ccncc2)cc1. The summed E-state index contributed by atoms with van der Waals surface area (Å²) in [6.07, 6.45) is 0.944. The van der Waals surface area contributed by atoms with Gasteiger partial charge < -0.3 is 15.0 Å². The molecule has 2 bridgehead atoms. The highest BCUT2D eigenvalue weighted by atomic mass is 19.4. The number of nitrogens with zero attached hydrogens (tertiary/aromatic N) is 5. The second kappa shape index (κ2) is 7.98. The number of aromatic nitrogens is 4. The van der Waals surface area contributed by atoms with Gasteiger partial charge in [0.1, 0.15) is 22.9 Å². The van der Waals surface area contributed by atoms with Crippen molar-refractivity contribution in [1.29, 1.82) is 0 Å². The molecular weight excluding hydrogens is 445 g/mol. The number of halogens is 3. The van der Waals surface area contributed by atoms with E-state index in [0.717, 1.165) is 31.0 Å². The van der Waals surface area contributed by atoms with Gasteiger partial charge in [-0.25, -0.2) is 9.97 Å². The number of nitrogens with one attached hydrogen (secondary N) is 1. The van der Waals surface area contributed by atoms with E-state index in [1.165, 1.54) is 18.6 Å². The number of hydrogen-bond donors (Lipinski definition) is 1. The lowest BCUT2D eigenvalue weighted by atomic mass is 9.93. The minimum atomic E-state index is -4.74. The maximum atomic E-state index is 12.6. The Hall–Kier alpha value is -3.66. The van der Waals surface area contributed by atoms with Crippen molar-refractivity contribution >= 4 is 17.0 Å². The summed E-state index contributed by atoms with van der Waals surface area (Å²) in [6.45, 7) is 1.87. The molecule has 1 N–H and O–H groups in total. The number of pyridine rings is 2. The maximum absolute atomic E-state index is 12.6. The number of imidazole rings is 1. The van der Waals surface area contributed by atoms with Crippen LogP contribution in [0.4, 0.5) is 19.0 Å². The van der Waals surface area contributed by atoms with E-state index >= 15 is 0 Å². The van der Waals surface area contributed by atoms with Crippen molar-refractivity contribution in [3.63, 3.8) is 0 Å². The van der Waals surface area contributed by atoms with Gasteiger partial charge in [-0.1, -0.05) is 0 Å². The fourth-order valence-electron chi connectivity index (χ4n) is 4.83. The maximum Gasteiger partial charge on any atom is 0.573 e. The Bertz CT molecular complexity index is 1310. The number of hydrogen-bond acceptors (Lipinski definition) is 6. The summed E-state index contributed by atoms with van der Waals surface area (Å²) in [7, 11) is 0. The smallest absolute Gasteiger partial charge is 0.406 e. The summed E-state index contributed by atoms with van der Waals surface area (Å²) in [5.41, 5.74) is 2.84. The molecule has 0 radical (unpaired) electrons. The molecule has 0 amide bonds. The van der Waals surface area contributed by atoms with E-state index in [2.05, 4.69) is 19.9 Å². The van der Waals surface area contributed by atoms with Crippen LogP contribution in [0.3, 0.4) is 0 Å². The molecule has 4 aromatic rings. The highest BCUT2D eigenvalue weighted by Gasteiger charge is 2.34. The Kier molecular flexibility index (Phi) is 4.91. The number of ether oxygens (including phenoxy) is 1. The Morgan fingerprint density at radius 2 is 1.74 bits per heavy atom. The molecule has 0 spiro atoms. The van der Waals surface area contributed by atoms with Crippen LogP contribution < -0.4 is 15.0 Å². The molecule has 6 heterocycles. The van der Waals surface area contributed by atoms with E-state index in [-0.39, 0.29) is 5.75 Å². The first kappa shape index (κ1) is 20.9. The van der Waals surface area contributed by atoms with Gasteiger partial charge in [-0.2, -0.15) is 0 Å². The molecule has 0 saturated carbocycles. The quantitative estimate of drug-likeness (QED) is 0.483. The molecule has 7 nitrogen and oxygen atoms in total. The predicted molar refractivity (Wildman–Crippen MR) is 121 cm³/mol. The van der Waals surface area contributed by atoms with Crippen molar-refractivity contribution in [2.75, 3.05) is 18.0 Å². The van der Waals surface area contributed by atoms with Crippen molar-refractivity contribution in [2.45, 2.75) is 31.3 Å². The lowest BCUT2D eigenvalue weighted by molar-refractivity contribution is -0.274. The summed E-state index contributed by atoms with van der Waals surface area (Å²) in [5.74, 6) is 1.20. The fraction of sp³-hybridized carbons (Fsp3) is 0.292. The van der Waals surface area contributed by atoms with Crippen molar-refractivity contribution in [2.24, 2.45) is 0 Å². The molecule has 2 atom stereocenters. The Balaban J connectivity index is 1.45. The summed E-state index contributed by atoms with van der Waals surface area (Å²) in [5, 5.41) is 3.56. The number of alkyl halides is 3. The third-order valence-corrected chi connectivity index (χ3v) is 6.40. The van der Waals surface area contributed by atoms with Gasteiger partial charge in [0.2, 0.25) is 0 Å². The van der Waals surface area contributed by atoms with Gasteiger partial charge in [0.15, 0.2) is 5.65 Å². The largest absolute Gasteiger partial charge is 0.573 e. The normalized spacial score (nSPS) is 20.1. The molecule has 3 fully saturated rings. The molecule has 7 rings (SSSR count). The fourth-order valence-corrected chi connectivity index (χ4v) is 4.83. The van der Waals surface area contributed by atoms with Crippen molar-refractivity contribution < 1.29 is 17.9 Å². The average Bonchev–Trinajstić information content (AvgIpc) is 3.23. The van der Waals surface area contributed by atoms with Crippen LogP contribution in [0, 0.1) is 0 Å². The Labute approximate surface area is 193 Å². The number of rotatable bonds is 4. The topological polar surface area (TPSA) is 68.1 Å². The molecule has 3 aliphatic heterocycles. The molecule has 0 aliphatic carbocycles. The zero-order chi connectivity index (χ0) is 23.3. The van der Waals surface area contributed by atoms with E-state index in [1.807, 2.05) is 28.8 Å². The minimum absolute atomic E-state index is 0.281. The van der Waals surface area contributed by atoms with Crippen LogP contribution in [0.15, 0.2) is 60.9 Å². The number of anilines is 1. The van der Waals surface area contributed by atoms with Gasteiger partial charge in [0.05, 0.1) is 5.69 Å². The van der Waals surface area contributed by atoms with E-state index in [0.29, 0.717) is 34.6 Å². The first-order valence-corrected chi connectivity index (χ1v) is 11.1. The van der Waals surface area contributed by atoms with Gasteiger partial charge >= 0.3 is 6.36 Å². The summed E-state index contributed by atoms with van der Waals surface area (Å²) < 4.78 is 43.7. The lowest BCUT2D eigenvalue weighted by Gasteiger charge is -2.46. The van der Waals surface area contributed by atoms with Crippen LogP contribution >= 0.6 is 0 Å². The monoisotopic (exact) mass is 466 g/mol. The van der Waals surface area contributed by atoms with Gasteiger partial charge in [-0.3, -0.25) is 9.55 Å². The standard InChI is InChI=1S/C24H21F3N6O/c25-24(26,27)34-19-5-1-15(2-6-19)22-30-20-7-8-21(32-14-16-3-4-18(32)13-29-16)31-23(20)33(22)17-9-11-28-12-10-17/h1-2,5-12,16,18,29H,3-4,13-14H2/t16-,18-/m1/s1. The zero-order valence-electron chi connectivity index (χ0n) is 18.0. The van der Waals surface area contributed by atoms with E-state index < -0.39 is 6.36 Å². The molecular formula is C24H21F3N6O. The van der Waals surface area contributed by atoms with Crippen molar-refractivity contribution in [3.05, 3.63) is 60.9 Å². The zero-order valence-corrected chi connectivity index (χ0v) is 18.0. The van der Waals surface area contributed by atoms with Crippen LogP contribution in [0.2, 0.25) is 0 Å². The highest BCUT2D eigenvalue weighted by molar-refractivity contribution is 5.81. The molecule has 3 saturated heterocycles. The Morgan fingerprint density at radius 1 is 0.941 bits per heavy atom. The van der Waals surface area contributed by atoms with Crippen molar-refractivity contribution in [3.8, 4) is 22.8 Å². The molecule has 3 aliphatic rings. The van der Waals surface area contributed by atoms with Crippen LogP contribution in [-0.2, 0) is 0 Å². The molecule has 10 heteroatoms. The van der Waals surface area contributed by atoms with Gasteiger partial charge in [0, 0.05) is 43.1 Å². The molecule has 1 aromatic carbocycles. The first-order chi connectivity index (χ1) is 16.4. The van der Waals surface area contributed by atoms with Crippen molar-refractivity contribution in [1.82, 2.24) is 24.8 Å². The predicted octanol–water partition coefficient (Wildman–Crippen LogP) is 4.32. The molecule has 0 unspecified atom stereocenters. The van der Waals surface area contributed by atoms with Crippen LogP contribution in [0.1, 0.15) is 12.8 Å². The van der Waals surface area contributed by atoms with Crippen LogP contribution in [0.5, 0.6) is 5.75 Å². The summed E-state index contributed by atoms with van der Waals surface area (Å²) in [6, 6.07) is 14.2. The summed E-state index contributed by atoms with van der Waals surface area (Å²) >= 11 is 0. The number of piperidine rings is 2. The first-order valence-electron chi connectivity index (χ1n) is 11.1. The molecule has 3 aromatic heterocycles. The summed E-state index contributed by atoms with van der Waals surface area (Å²) in [4.78, 5) is 16.3. The number of fused-ring (bicyclic) bond motifs is 4. The van der Waals surface area contributed by atoms with Gasteiger partial charge in [-0.15, -0.1) is 13.2 Å².